The van der Waals surface area contributed by atoms with E-state index in [1.807, 2.05) is 6.92 Å². The van der Waals surface area contributed by atoms with Gasteiger partial charge in [0.25, 0.3) is 5.91 Å². The van der Waals surface area contributed by atoms with Gasteiger partial charge < -0.3 is 25.5 Å². The summed E-state index contributed by atoms with van der Waals surface area (Å²) in [5.41, 5.74) is -1.20. The highest BCUT2D eigenvalue weighted by Gasteiger charge is 2.57. The normalized spacial score (nSPS) is 23.1. The molecule has 2 unspecified atom stereocenters. The predicted molar refractivity (Wildman–Crippen MR) is 134 cm³/mol. The molecule has 2 fully saturated rings. The molecule has 2 aromatic rings. The van der Waals surface area contributed by atoms with Gasteiger partial charge in [-0.05, 0) is 16.8 Å². The molecular weight excluding hydrogens is 546 g/mol. The number of thiazole rings is 1. The van der Waals surface area contributed by atoms with Crippen molar-refractivity contribution in [1.29, 1.82) is 0 Å². The van der Waals surface area contributed by atoms with Gasteiger partial charge in [0.15, 0.2) is 10.8 Å². The van der Waals surface area contributed by atoms with E-state index in [4.69, 9.17) is 4.84 Å². The number of carbonyl (C=O) groups is 4. The number of amides is 3. The number of thioether (sulfide) groups is 2. The number of hydrogen-bond acceptors (Lipinski definition) is 13. The number of nitrogens with zero attached hydrogens (tertiary/aromatic N) is 7. The highest BCUT2D eigenvalue weighted by molar-refractivity contribution is 8.00. The number of carbonyl (C=O) groups excluding carboxylic acids is 3. The van der Waals surface area contributed by atoms with Gasteiger partial charge in [0.1, 0.15) is 29.6 Å². The molecule has 0 aromatic carbocycles. The van der Waals surface area contributed by atoms with Gasteiger partial charge in [-0.15, -0.1) is 28.2 Å². The molecule has 0 spiro atoms. The van der Waals surface area contributed by atoms with Crippen LogP contribution in [0, 0.1) is 5.41 Å². The Kier molecular flexibility index (Phi) is 8.28. The van der Waals surface area contributed by atoms with E-state index in [1.54, 1.807) is 4.68 Å². The lowest BCUT2D eigenvalue weighted by Crippen LogP contribution is -2.74. The fourth-order valence-electron chi connectivity index (χ4n) is 3.77. The maximum Gasteiger partial charge on any atom is 0.313 e. The number of rotatable bonds is 12. The van der Waals surface area contributed by atoms with E-state index in [9.17, 15) is 24.3 Å². The van der Waals surface area contributed by atoms with Crippen molar-refractivity contribution in [1.82, 2.24) is 35.4 Å². The summed E-state index contributed by atoms with van der Waals surface area (Å²) in [6, 6.07) is -0.859. The maximum absolute atomic E-state index is 12.9. The maximum atomic E-state index is 12.9. The van der Waals surface area contributed by atoms with Gasteiger partial charge in [0.05, 0.1) is 0 Å². The molecule has 0 radical (unpaired) electrons. The molecule has 4 rings (SSSR count). The monoisotopic (exact) mass is 569 g/mol. The molecular formula is C19H23N9O6S3. The van der Waals surface area contributed by atoms with Crippen molar-refractivity contribution in [2.75, 3.05) is 30.5 Å². The lowest BCUT2D eigenvalue weighted by Gasteiger charge is -2.53. The molecule has 2 aliphatic heterocycles. The van der Waals surface area contributed by atoms with Gasteiger partial charge in [-0.3, -0.25) is 19.2 Å². The Hall–Kier alpha value is -3.25. The van der Waals surface area contributed by atoms with Crippen LogP contribution in [0.5, 0.6) is 0 Å². The third-order valence-electron chi connectivity index (χ3n) is 5.62. The van der Waals surface area contributed by atoms with Crippen molar-refractivity contribution in [3.8, 4) is 0 Å². The van der Waals surface area contributed by atoms with E-state index in [0.717, 1.165) is 17.8 Å². The van der Waals surface area contributed by atoms with Gasteiger partial charge >= 0.3 is 5.97 Å². The van der Waals surface area contributed by atoms with Crippen LogP contribution in [0.1, 0.15) is 19.0 Å². The molecule has 15 nitrogen and oxygen atoms in total. The molecule has 3 atom stereocenters. The van der Waals surface area contributed by atoms with Crippen LogP contribution < -0.4 is 10.6 Å². The van der Waals surface area contributed by atoms with Gasteiger partial charge in [0, 0.05) is 30.0 Å². The van der Waals surface area contributed by atoms with Crippen LogP contribution >= 0.6 is 34.9 Å². The number of hydrogen-bond donors (Lipinski definition) is 3. The molecule has 198 valence electrons. The predicted octanol–water partition coefficient (Wildman–Crippen LogP) is -0.278. The van der Waals surface area contributed by atoms with Gasteiger partial charge in [-0.1, -0.05) is 23.8 Å². The van der Waals surface area contributed by atoms with Crippen LogP contribution in [0.15, 0.2) is 15.7 Å². The van der Waals surface area contributed by atoms with E-state index in [2.05, 4.69) is 36.3 Å². The number of oxime groups is 1. The van der Waals surface area contributed by atoms with Gasteiger partial charge in [-0.25, -0.2) is 9.67 Å². The van der Waals surface area contributed by atoms with Crippen molar-refractivity contribution in [3.05, 3.63) is 11.1 Å². The number of β-lactam (4-membered cyclic amide) rings is 1. The van der Waals surface area contributed by atoms with Crippen LogP contribution in [0.2, 0.25) is 0 Å². The Morgan fingerprint density at radius 1 is 1.46 bits per heavy atom. The highest BCUT2D eigenvalue weighted by atomic mass is 32.2. The minimum absolute atomic E-state index is 0.000619. The topological polar surface area (TPSA) is 194 Å². The van der Waals surface area contributed by atoms with Gasteiger partial charge in [0.2, 0.25) is 17.5 Å². The molecule has 2 saturated heterocycles. The van der Waals surface area contributed by atoms with Crippen LogP contribution in [0.3, 0.4) is 0 Å². The number of tetrazole rings is 1. The number of aromatic nitrogens is 5. The lowest BCUT2D eigenvalue weighted by atomic mass is 9.89. The van der Waals surface area contributed by atoms with Crippen LogP contribution in [0.25, 0.3) is 0 Å². The van der Waals surface area contributed by atoms with E-state index in [0.29, 0.717) is 18.1 Å². The largest absolute Gasteiger partial charge is 0.481 e. The van der Waals surface area contributed by atoms with Crippen molar-refractivity contribution >= 4 is 69.9 Å². The van der Waals surface area contributed by atoms with Crippen molar-refractivity contribution < 1.29 is 29.1 Å². The first-order chi connectivity index (χ1) is 17.8. The summed E-state index contributed by atoms with van der Waals surface area (Å²) in [5.74, 6) is -1.68. The third-order valence-corrected chi connectivity index (χ3v) is 9.23. The molecule has 3 N–H and O–H groups in total. The molecule has 2 aliphatic rings. The Bertz CT molecular complexity index is 1220. The van der Waals surface area contributed by atoms with Crippen molar-refractivity contribution in [2.24, 2.45) is 10.6 Å². The third kappa shape index (κ3) is 5.40. The molecule has 0 bridgehead atoms. The summed E-state index contributed by atoms with van der Waals surface area (Å²) in [6.45, 7) is 2.60. The highest BCUT2D eigenvalue weighted by Crippen LogP contribution is 2.44. The SMILES string of the molecule is CCCn1nnnc1SCC1(C(=O)O)CS[C@@H]2C(NC(=O)C(=NOC)c3csc(NC=O)n3)C(=O)N2C1. The molecule has 18 heteroatoms. The molecule has 3 amide bonds. The molecule has 4 heterocycles. The van der Waals surface area contributed by atoms with Crippen molar-refractivity contribution in [3.63, 3.8) is 0 Å². The Morgan fingerprint density at radius 3 is 2.97 bits per heavy atom. The second kappa shape index (κ2) is 11.4. The number of carboxylic acid groups (broad SMARTS) is 1. The van der Waals surface area contributed by atoms with Crippen LogP contribution in [0.4, 0.5) is 5.13 Å². The first kappa shape index (κ1) is 26.8. The number of nitrogens with one attached hydrogen (secondary N) is 2. The minimum Gasteiger partial charge on any atom is -0.481 e. The zero-order valence-electron chi connectivity index (χ0n) is 19.7. The van der Waals surface area contributed by atoms with Gasteiger partial charge in [-0.2, -0.15) is 0 Å². The number of aryl methyl sites for hydroxylation is 1. The number of fused-ring (bicyclic) bond motifs is 1. The number of aliphatic carboxylic acids is 1. The fraction of sp³-hybridized carbons (Fsp3) is 0.526. The summed E-state index contributed by atoms with van der Waals surface area (Å²) in [6.07, 6.45) is 1.28. The second-order valence-corrected chi connectivity index (χ2v) is 11.0. The molecule has 0 saturated carbocycles. The quantitative estimate of drug-likeness (QED) is 0.0996. The van der Waals surface area contributed by atoms with E-state index in [1.165, 1.54) is 40.9 Å². The van der Waals surface area contributed by atoms with E-state index in [-0.39, 0.29) is 34.6 Å². The van der Waals surface area contributed by atoms with E-state index >= 15 is 0 Å². The second-order valence-electron chi connectivity index (χ2n) is 8.10. The average molecular weight is 570 g/mol. The Morgan fingerprint density at radius 2 is 2.27 bits per heavy atom. The number of anilines is 1. The van der Waals surface area contributed by atoms with E-state index < -0.39 is 34.6 Å². The van der Waals surface area contributed by atoms with Crippen LogP contribution in [-0.4, -0.2) is 102 Å². The van der Waals surface area contributed by atoms with Crippen molar-refractivity contribution in [2.45, 2.75) is 36.5 Å². The average Bonchev–Trinajstić information content (AvgIpc) is 3.54. The smallest absolute Gasteiger partial charge is 0.313 e. The van der Waals surface area contributed by atoms with Crippen LogP contribution in [-0.2, 0) is 30.6 Å². The Labute approximate surface area is 222 Å². The Balaban J connectivity index is 1.41. The summed E-state index contributed by atoms with van der Waals surface area (Å²) in [7, 11) is 1.27. The first-order valence-electron chi connectivity index (χ1n) is 11.0. The summed E-state index contributed by atoms with van der Waals surface area (Å²) < 4.78 is 1.62. The standard InChI is InChI=1S/C19H23N9O6S3/c1-3-4-28-18(23-25-26-28)37-8-19(16(32)33)6-27-14(31)12(15(27)36-7-19)22-13(30)11(24-34-2)10-5-35-17(21-10)20-9-29/h5,9,12,15H,3-4,6-8H2,1-2H3,(H,22,30)(H,32,33)(H,20,21,29)/t12?,15-,19?/m1/s1. The first-order valence-corrected chi connectivity index (χ1v) is 13.9. The summed E-state index contributed by atoms with van der Waals surface area (Å²) >= 11 is 3.62. The molecule has 37 heavy (non-hydrogen) atoms. The molecule has 0 aliphatic carbocycles. The zero-order valence-corrected chi connectivity index (χ0v) is 22.1. The minimum atomic E-state index is -1.20. The fourth-order valence-corrected chi connectivity index (χ4v) is 7.18. The summed E-state index contributed by atoms with van der Waals surface area (Å²) in [5, 5.41) is 32.3. The zero-order chi connectivity index (χ0) is 26.6. The lowest BCUT2D eigenvalue weighted by molar-refractivity contribution is -0.157. The molecule has 2 aromatic heterocycles. The number of carboxylic acids is 1. The summed E-state index contributed by atoms with van der Waals surface area (Å²) in [4.78, 5) is 59.2.